The Morgan fingerprint density at radius 3 is 2.45 bits per heavy atom. The Balaban J connectivity index is 2.38. The molecule has 4 heteroatoms. The molecule has 1 atom stereocenters. The maximum atomic E-state index is 12.1. The van der Waals surface area contributed by atoms with Crippen LogP contribution in [-0.4, -0.2) is 28.1 Å². The number of hydrogen-bond acceptors (Lipinski definition) is 3. The van der Waals surface area contributed by atoms with Crippen molar-refractivity contribution in [2.24, 2.45) is 0 Å². The molecule has 0 aromatic rings. The Labute approximate surface area is 133 Å². The molecule has 0 saturated heterocycles. The molecule has 1 aliphatic rings. The average molecular weight is 310 g/mol. The molecule has 0 aliphatic heterocycles. The van der Waals surface area contributed by atoms with Gasteiger partial charge in [0, 0.05) is 12.8 Å². The number of unbranched alkanes of at least 4 members (excludes halogenated alkanes) is 5. The highest BCUT2D eigenvalue weighted by atomic mass is 16.4. The Bertz CT molecular complexity index is 398. The summed E-state index contributed by atoms with van der Waals surface area (Å²) in [5, 5.41) is 18.8. The maximum Gasteiger partial charge on any atom is 0.303 e. The normalized spacial score (nSPS) is 18.8. The van der Waals surface area contributed by atoms with E-state index in [-0.39, 0.29) is 12.2 Å². The van der Waals surface area contributed by atoms with Crippen molar-refractivity contribution in [1.29, 1.82) is 0 Å². The third-order valence-corrected chi connectivity index (χ3v) is 4.39. The lowest BCUT2D eigenvalue weighted by Gasteiger charge is -2.24. The highest BCUT2D eigenvalue weighted by molar-refractivity contribution is 5.97. The van der Waals surface area contributed by atoms with Crippen LogP contribution >= 0.6 is 0 Å². The van der Waals surface area contributed by atoms with Crippen LogP contribution in [0.15, 0.2) is 11.1 Å². The molecular formula is C18H30O4. The summed E-state index contributed by atoms with van der Waals surface area (Å²) in [5.74, 6) is -0.496. The van der Waals surface area contributed by atoms with Gasteiger partial charge in [0.15, 0.2) is 5.78 Å². The van der Waals surface area contributed by atoms with Gasteiger partial charge in [-0.2, -0.15) is 0 Å². The van der Waals surface area contributed by atoms with Gasteiger partial charge in [0.25, 0.3) is 0 Å². The maximum absolute atomic E-state index is 12.1. The number of aliphatic hydroxyl groups is 1. The van der Waals surface area contributed by atoms with Crippen molar-refractivity contribution in [3.63, 3.8) is 0 Å². The molecule has 0 saturated carbocycles. The Morgan fingerprint density at radius 2 is 1.77 bits per heavy atom. The number of aliphatic carboxylic acids is 1. The molecule has 0 aromatic heterocycles. The number of rotatable bonds is 11. The number of allylic oxidation sites excluding steroid dienone is 1. The van der Waals surface area contributed by atoms with Gasteiger partial charge in [-0.1, -0.05) is 32.6 Å². The minimum absolute atomic E-state index is 0.232. The van der Waals surface area contributed by atoms with Crippen LogP contribution in [-0.2, 0) is 9.59 Å². The smallest absolute Gasteiger partial charge is 0.303 e. The Morgan fingerprint density at radius 1 is 1.09 bits per heavy atom. The summed E-state index contributed by atoms with van der Waals surface area (Å²) in [6, 6.07) is 0. The van der Waals surface area contributed by atoms with Crippen LogP contribution in [0.2, 0.25) is 0 Å². The number of aliphatic hydroxyl groups excluding tert-OH is 1. The number of carboxylic acids is 1. The first-order valence-electron chi connectivity index (χ1n) is 8.71. The zero-order chi connectivity index (χ0) is 16.4. The minimum Gasteiger partial charge on any atom is -0.481 e. The van der Waals surface area contributed by atoms with E-state index in [4.69, 9.17) is 5.11 Å². The van der Waals surface area contributed by atoms with Crippen molar-refractivity contribution in [3.05, 3.63) is 11.1 Å². The number of carbonyl (C=O) groups is 2. The molecule has 0 fully saturated rings. The van der Waals surface area contributed by atoms with Crippen molar-refractivity contribution in [2.75, 3.05) is 0 Å². The molecule has 0 spiro atoms. The Kier molecular flexibility index (Phi) is 9.05. The molecule has 0 unspecified atom stereocenters. The van der Waals surface area contributed by atoms with E-state index < -0.39 is 12.1 Å². The third kappa shape index (κ3) is 6.73. The van der Waals surface area contributed by atoms with Crippen molar-refractivity contribution < 1.29 is 19.8 Å². The molecule has 0 bridgehead atoms. The van der Waals surface area contributed by atoms with Crippen LogP contribution in [0.5, 0.6) is 0 Å². The van der Waals surface area contributed by atoms with Gasteiger partial charge in [0.1, 0.15) is 0 Å². The second-order valence-corrected chi connectivity index (χ2v) is 6.25. The van der Waals surface area contributed by atoms with Gasteiger partial charge in [-0.3, -0.25) is 9.59 Å². The van der Waals surface area contributed by atoms with Crippen LogP contribution in [0.1, 0.15) is 84.0 Å². The van der Waals surface area contributed by atoms with Gasteiger partial charge >= 0.3 is 5.97 Å². The number of hydrogen-bond donors (Lipinski definition) is 2. The van der Waals surface area contributed by atoms with E-state index in [1.165, 1.54) is 0 Å². The van der Waals surface area contributed by atoms with Gasteiger partial charge in [0.05, 0.1) is 6.10 Å². The lowest BCUT2D eigenvalue weighted by Crippen LogP contribution is -2.23. The summed E-state index contributed by atoms with van der Waals surface area (Å²) < 4.78 is 0. The molecule has 0 aromatic carbocycles. The van der Waals surface area contributed by atoms with Crippen LogP contribution in [0.3, 0.4) is 0 Å². The first-order chi connectivity index (χ1) is 10.6. The van der Waals surface area contributed by atoms with Gasteiger partial charge in [-0.25, -0.2) is 0 Å². The summed E-state index contributed by atoms with van der Waals surface area (Å²) in [6.07, 6.45) is 9.26. The lowest BCUT2D eigenvalue weighted by molar-refractivity contribution is -0.137. The van der Waals surface area contributed by atoms with E-state index in [0.29, 0.717) is 12.8 Å². The molecule has 22 heavy (non-hydrogen) atoms. The van der Waals surface area contributed by atoms with Gasteiger partial charge in [-0.15, -0.1) is 0 Å². The van der Waals surface area contributed by atoms with E-state index >= 15 is 0 Å². The number of carbonyl (C=O) groups excluding carboxylic acids is 1. The molecule has 2 N–H and O–H groups in total. The molecular weight excluding hydrogens is 280 g/mol. The van der Waals surface area contributed by atoms with Crippen molar-refractivity contribution >= 4 is 11.8 Å². The Hall–Kier alpha value is -1.16. The predicted octanol–water partition coefficient (Wildman–Crippen LogP) is 4.01. The quantitative estimate of drug-likeness (QED) is 0.565. The number of Topliss-reactive ketones (excluding diaryl/α,β-unsaturated/α-hetero) is 1. The van der Waals surface area contributed by atoms with Gasteiger partial charge in [-0.05, 0) is 49.7 Å². The minimum atomic E-state index is -0.727. The van der Waals surface area contributed by atoms with Crippen LogP contribution < -0.4 is 0 Å². The highest BCUT2D eigenvalue weighted by Crippen LogP contribution is 2.30. The van der Waals surface area contributed by atoms with Crippen molar-refractivity contribution in [1.82, 2.24) is 0 Å². The summed E-state index contributed by atoms with van der Waals surface area (Å²) >= 11 is 0. The van der Waals surface area contributed by atoms with E-state index in [1.54, 1.807) is 0 Å². The summed E-state index contributed by atoms with van der Waals surface area (Å²) in [4.78, 5) is 22.5. The summed E-state index contributed by atoms with van der Waals surface area (Å²) in [6.45, 7) is 2.11. The summed E-state index contributed by atoms with van der Waals surface area (Å²) in [5.41, 5.74) is 1.88. The predicted molar refractivity (Wildman–Crippen MR) is 86.8 cm³/mol. The molecule has 1 rings (SSSR count). The van der Waals surface area contributed by atoms with Gasteiger partial charge in [0.2, 0.25) is 0 Å². The molecule has 0 heterocycles. The van der Waals surface area contributed by atoms with Crippen LogP contribution in [0, 0.1) is 0 Å². The van der Waals surface area contributed by atoms with E-state index in [9.17, 15) is 14.7 Å². The first kappa shape index (κ1) is 18.9. The highest BCUT2D eigenvalue weighted by Gasteiger charge is 2.25. The van der Waals surface area contributed by atoms with E-state index in [1.807, 2.05) is 0 Å². The van der Waals surface area contributed by atoms with E-state index in [0.717, 1.165) is 68.9 Å². The zero-order valence-corrected chi connectivity index (χ0v) is 13.8. The van der Waals surface area contributed by atoms with Gasteiger partial charge < -0.3 is 10.2 Å². The van der Waals surface area contributed by atoms with Crippen molar-refractivity contribution in [3.8, 4) is 0 Å². The largest absolute Gasteiger partial charge is 0.481 e. The van der Waals surface area contributed by atoms with Crippen LogP contribution in [0.25, 0.3) is 0 Å². The standard InChI is InChI=1S/C18H30O4/c1-2-3-9-14-15(17(20)13-12-16(14)19)10-7-5-4-6-8-11-18(21)22/h17,20H,2-13H2,1H3,(H,21,22)/t17-/m1/s1. The number of ketones is 1. The lowest BCUT2D eigenvalue weighted by atomic mass is 9.83. The molecule has 1 aliphatic carbocycles. The van der Waals surface area contributed by atoms with Crippen LogP contribution in [0.4, 0.5) is 0 Å². The monoisotopic (exact) mass is 310 g/mol. The van der Waals surface area contributed by atoms with Crippen molar-refractivity contribution in [2.45, 2.75) is 90.1 Å². The summed E-state index contributed by atoms with van der Waals surface area (Å²) in [7, 11) is 0. The second kappa shape index (κ2) is 10.5. The SMILES string of the molecule is CCCCC1=C(CCCCCCCC(=O)O)[C@H](O)CCC1=O. The topological polar surface area (TPSA) is 74.6 Å². The molecule has 0 radical (unpaired) electrons. The average Bonchev–Trinajstić information content (AvgIpc) is 2.48. The molecule has 126 valence electrons. The molecule has 4 nitrogen and oxygen atoms in total. The first-order valence-corrected chi connectivity index (χ1v) is 8.71. The fraction of sp³-hybridized carbons (Fsp3) is 0.778. The fourth-order valence-corrected chi connectivity index (χ4v) is 3.07. The fourth-order valence-electron chi connectivity index (χ4n) is 3.07. The second-order valence-electron chi connectivity index (χ2n) is 6.25. The molecule has 0 amide bonds. The number of carboxylic acid groups (broad SMARTS) is 1. The zero-order valence-electron chi connectivity index (χ0n) is 13.8. The van der Waals surface area contributed by atoms with E-state index in [2.05, 4.69) is 6.92 Å². The third-order valence-electron chi connectivity index (χ3n) is 4.39.